The number of benzene rings is 1. The zero-order chi connectivity index (χ0) is 21.6. The molecule has 0 aliphatic carbocycles. The topological polar surface area (TPSA) is 105 Å². The van der Waals surface area contributed by atoms with Crippen LogP contribution in [-0.2, 0) is 21.1 Å². The second-order valence-electron chi connectivity index (χ2n) is 7.03. The molecule has 1 aromatic carbocycles. The molecule has 0 aliphatic rings. The number of imidazole rings is 1. The molecule has 0 fully saturated rings. The van der Waals surface area contributed by atoms with Gasteiger partial charge in [0.2, 0.25) is 0 Å². The van der Waals surface area contributed by atoms with E-state index in [4.69, 9.17) is 4.74 Å². The van der Waals surface area contributed by atoms with Crippen LogP contribution in [-0.4, -0.2) is 26.2 Å². The van der Waals surface area contributed by atoms with Crippen LogP contribution in [0.25, 0.3) is 0 Å². The van der Waals surface area contributed by atoms with Crippen molar-refractivity contribution in [3.05, 3.63) is 73.4 Å². The Labute approximate surface area is 167 Å². The molecule has 0 amide bonds. The van der Waals surface area contributed by atoms with Crippen LogP contribution >= 0.6 is 0 Å². The largest absolute Gasteiger partial charge is 0.860 e. The fourth-order valence-electron chi connectivity index (χ4n) is 3.54. The molecule has 0 radical (unpaired) electrons. The maximum absolute atomic E-state index is 13.0. The Balaban J connectivity index is 2.45. The quantitative estimate of drug-likeness (QED) is 0.483. The van der Waals surface area contributed by atoms with Crippen LogP contribution in [0.2, 0.25) is 0 Å². The zero-order valence-electron chi connectivity index (χ0n) is 17.3. The SMILES string of the molecule is COc1ccc(C(c2c([O-])n(C)c(=O)n(C)c2=O)c2n(O)c(C)c(C)[n+]2C)cc1. The second-order valence-corrected chi connectivity index (χ2v) is 7.03. The van der Waals surface area contributed by atoms with Crippen molar-refractivity contribution in [3.8, 4) is 11.6 Å². The summed E-state index contributed by atoms with van der Waals surface area (Å²) < 4.78 is 9.71. The molecular formula is C20H24N4O5. The Morgan fingerprint density at radius 2 is 1.69 bits per heavy atom. The summed E-state index contributed by atoms with van der Waals surface area (Å²) in [7, 11) is 5.94. The number of rotatable bonds is 4. The van der Waals surface area contributed by atoms with Crippen molar-refractivity contribution >= 4 is 0 Å². The van der Waals surface area contributed by atoms with Crippen molar-refractivity contribution in [1.29, 1.82) is 0 Å². The molecule has 154 valence electrons. The minimum atomic E-state index is -0.902. The van der Waals surface area contributed by atoms with E-state index in [0.29, 0.717) is 22.8 Å². The van der Waals surface area contributed by atoms with Crippen LogP contribution in [0.3, 0.4) is 0 Å². The summed E-state index contributed by atoms with van der Waals surface area (Å²) in [6.07, 6.45) is 0. The molecule has 3 rings (SSSR count). The van der Waals surface area contributed by atoms with Gasteiger partial charge < -0.3 is 19.6 Å². The number of hydrogen-bond donors (Lipinski definition) is 1. The fraction of sp³-hybridized carbons (Fsp3) is 0.350. The molecule has 1 N–H and O–H groups in total. The van der Waals surface area contributed by atoms with E-state index in [1.54, 1.807) is 42.8 Å². The van der Waals surface area contributed by atoms with Crippen LogP contribution < -0.4 is 25.7 Å². The Hall–Kier alpha value is -3.49. The zero-order valence-corrected chi connectivity index (χ0v) is 17.3. The molecule has 1 atom stereocenters. The first-order valence-electron chi connectivity index (χ1n) is 8.99. The lowest BCUT2D eigenvalue weighted by Crippen LogP contribution is -2.44. The molecule has 2 heterocycles. The van der Waals surface area contributed by atoms with E-state index in [1.807, 2.05) is 6.92 Å². The van der Waals surface area contributed by atoms with Crippen LogP contribution in [0.15, 0.2) is 33.9 Å². The Bertz CT molecular complexity index is 1180. The smallest absolute Gasteiger partial charge is 0.329 e. The van der Waals surface area contributed by atoms with Gasteiger partial charge in [-0.15, -0.1) is 0 Å². The molecule has 0 spiro atoms. The van der Waals surface area contributed by atoms with Gasteiger partial charge >= 0.3 is 11.5 Å². The van der Waals surface area contributed by atoms with Crippen molar-refractivity contribution < 1.29 is 19.6 Å². The first-order valence-corrected chi connectivity index (χ1v) is 8.99. The van der Waals surface area contributed by atoms with Crippen molar-refractivity contribution in [2.45, 2.75) is 19.8 Å². The third kappa shape index (κ3) is 2.98. The van der Waals surface area contributed by atoms with Gasteiger partial charge in [-0.25, -0.2) is 9.36 Å². The fourth-order valence-corrected chi connectivity index (χ4v) is 3.54. The monoisotopic (exact) mass is 400 g/mol. The lowest BCUT2D eigenvalue weighted by atomic mass is 9.91. The van der Waals surface area contributed by atoms with Gasteiger partial charge in [-0.1, -0.05) is 12.1 Å². The van der Waals surface area contributed by atoms with Gasteiger partial charge in [-0.2, -0.15) is 0 Å². The molecule has 3 aromatic rings. The van der Waals surface area contributed by atoms with Crippen LogP contribution in [0.5, 0.6) is 11.6 Å². The summed E-state index contributed by atoms with van der Waals surface area (Å²) in [4.78, 5) is 25.2. The maximum Gasteiger partial charge on any atom is 0.329 e. The molecule has 0 aliphatic heterocycles. The minimum Gasteiger partial charge on any atom is -0.860 e. The van der Waals surface area contributed by atoms with Gasteiger partial charge in [0.15, 0.2) is 5.69 Å². The Morgan fingerprint density at radius 3 is 2.17 bits per heavy atom. The first kappa shape index (κ1) is 20.2. The first-order chi connectivity index (χ1) is 13.6. The predicted molar refractivity (Wildman–Crippen MR) is 103 cm³/mol. The molecular weight excluding hydrogens is 376 g/mol. The van der Waals surface area contributed by atoms with E-state index in [0.717, 1.165) is 19.6 Å². The molecule has 0 saturated heterocycles. The number of aromatic nitrogens is 4. The summed E-state index contributed by atoms with van der Waals surface area (Å²) in [5.74, 6) is -0.658. The third-order valence-corrected chi connectivity index (χ3v) is 5.55. The van der Waals surface area contributed by atoms with E-state index < -0.39 is 23.0 Å². The summed E-state index contributed by atoms with van der Waals surface area (Å²) in [5, 5.41) is 23.8. The van der Waals surface area contributed by atoms with Gasteiger partial charge in [-0.05, 0) is 28.3 Å². The normalized spacial score (nSPS) is 12.2. The van der Waals surface area contributed by atoms with E-state index in [1.165, 1.54) is 21.2 Å². The lowest BCUT2D eigenvalue weighted by molar-refractivity contribution is -0.686. The van der Waals surface area contributed by atoms with Crippen LogP contribution in [0, 0.1) is 13.8 Å². The molecule has 9 heteroatoms. The summed E-state index contributed by atoms with van der Waals surface area (Å²) in [6.45, 7) is 3.56. The maximum atomic E-state index is 13.0. The molecule has 0 saturated carbocycles. The van der Waals surface area contributed by atoms with Gasteiger partial charge in [-0.3, -0.25) is 9.36 Å². The van der Waals surface area contributed by atoms with E-state index in [9.17, 15) is 19.9 Å². The number of hydrogen-bond acceptors (Lipinski definition) is 5. The standard InChI is InChI=1S/C20H24N4O5/c1-11-12(2)24(28)17(21(11)3)15(13-7-9-14(29-6)10-8-13)16-18(25)22(4)20(27)23(5)19(16)26/h7-10,15H,1-6H3,(H-,25,26,28). The average molecular weight is 400 g/mol. The second kappa shape index (κ2) is 7.16. The number of nitrogens with zero attached hydrogens (tertiary/aromatic N) is 4. The average Bonchev–Trinajstić information content (AvgIpc) is 2.91. The molecule has 2 aromatic heterocycles. The van der Waals surface area contributed by atoms with Gasteiger partial charge in [0.25, 0.3) is 5.56 Å². The van der Waals surface area contributed by atoms with Crippen molar-refractivity contribution in [2.75, 3.05) is 7.11 Å². The summed E-state index contributed by atoms with van der Waals surface area (Å²) in [5.41, 5.74) is 0.430. The Morgan fingerprint density at radius 1 is 1.10 bits per heavy atom. The predicted octanol–water partition coefficient (Wildman–Crippen LogP) is -0.173. The van der Waals surface area contributed by atoms with Gasteiger partial charge in [0.05, 0.1) is 14.2 Å². The van der Waals surface area contributed by atoms with Crippen molar-refractivity contribution in [2.24, 2.45) is 21.1 Å². The minimum absolute atomic E-state index is 0.122. The molecule has 29 heavy (non-hydrogen) atoms. The van der Waals surface area contributed by atoms with Crippen LogP contribution in [0.4, 0.5) is 0 Å². The van der Waals surface area contributed by atoms with Crippen molar-refractivity contribution in [3.63, 3.8) is 0 Å². The summed E-state index contributed by atoms with van der Waals surface area (Å²) in [6, 6.07) is 6.88. The lowest BCUT2D eigenvalue weighted by Gasteiger charge is -2.23. The highest BCUT2D eigenvalue weighted by Crippen LogP contribution is 2.33. The molecule has 1 unspecified atom stereocenters. The van der Waals surface area contributed by atoms with E-state index in [-0.39, 0.29) is 5.56 Å². The molecule has 0 bridgehead atoms. The third-order valence-electron chi connectivity index (χ3n) is 5.55. The number of ether oxygens (including phenoxy) is 1. The summed E-state index contributed by atoms with van der Waals surface area (Å²) >= 11 is 0. The number of methoxy groups -OCH3 is 1. The van der Waals surface area contributed by atoms with Crippen molar-refractivity contribution in [1.82, 2.24) is 13.9 Å². The highest BCUT2D eigenvalue weighted by molar-refractivity contribution is 5.43. The van der Waals surface area contributed by atoms with E-state index >= 15 is 0 Å². The highest BCUT2D eigenvalue weighted by Gasteiger charge is 2.36. The molecule has 9 nitrogen and oxygen atoms in total. The Kier molecular flexibility index (Phi) is 5.00. The van der Waals surface area contributed by atoms with Gasteiger partial charge in [0, 0.05) is 33.5 Å². The van der Waals surface area contributed by atoms with E-state index in [2.05, 4.69) is 0 Å². The van der Waals surface area contributed by atoms with Crippen LogP contribution in [0.1, 0.15) is 34.3 Å². The highest BCUT2D eigenvalue weighted by atomic mass is 16.5. The van der Waals surface area contributed by atoms with Gasteiger partial charge in [0.1, 0.15) is 17.4 Å².